The molecule has 0 fully saturated rings. The summed E-state index contributed by atoms with van der Waals surface area (Å²) in [5.74, 6) is 0.758. The van der Waals surface area contributed by atoms with Crippen LogP contribution in [-0.2, 0) is 0 Å². The highest BCUT2D eigenvalue weighted by molar-refractivity contribution is 5.96. The highest BCUT2D eigenvalue weighted by atomic mass is 16.5. The number of aryl methyl sites for hydroxylation is 1. The third-order valence-corrected chi connectivity index (χ3v) is 2.18. The van der Waals surface area contributed by atoms with Gasteiger partial charge < -0.3 is 9.84 Å². The van der Waals surface area contributed by atoms with Crippen LogP contribution in [0.3, 0.4) is 0 Å². The van der Waals surface area contributed by atoms with Gasteiger partial charge in [-0.25, -0.2) is 0 Å². The largest absolute Gasteiger partial charge is 0.360 e. The molecular weight excluding hydrogens is 192 g/mol. The average Bonchev–Trinajstić information content (AvgIpc) is 2.56. The molecule has 0 aliphatic heterocycles. The molecular formula is C11H18N2O2. The van der Waals surface area contributed by atoms with Crippen molar-refractivity contribution in [3.63, 3.8) is 0 Å². The first kappa shape index (κ1) is 11.8. The Morgan fingerprint density at radius 3 is 2.73 bits per heavy atom. The van der Waals surface area contributed by atoms with Crippen LogP contribution in [0.2, 0.25) is 0 Å². The number of carbonyl (C=O) groups is 1. The Bertz CT molecular complexity index is 342. The molecule has 0 atom stereocenters. The van der Waals surface area contributed by atoms with E-state index in [1.54, 1.807) is 6.92 Å². The molecule has 1 aromatic heterocycles. The van der Waals surface area contributed by atoms with Crippen molar-refractivity contribution in [1.29, 1.82) is 0 Å². The molecule has 1 heterocycles. The van der Waals surface area contributed by atoms with Crippen LogP contribution in [0.4, 0.5) is 0 Å². The van der Waals surface area contributed by atoms with E-state index in [4.69, 9.17) is 4.52 Å². The number of nitrogens with one attached hydrogen (secondary N) is 1. The van der Waals surface area contributed by atoms with E-state index in [0.717, 1.165) is 6.42 Å². The van der Waals surface area contributed by atoms with Crippen LogP contribution in [0.15, 0.2) is 4.52 Å². The van der Waals surface area contributed by atoms with Crippen LogP contribution >= 0.6 is 0 Å². The van der Waals surface area contributed by atoms with Crippen LogP contribution < -0.4 is 5.32 Å². The van der Waals surface area contributed by atoms with Crippen LogP contribution in [0.1, 0.15) is 54.9 Å². The van der Waals surface area contributed by atoms with Crippen molar-refractivity contribution in [2.45, 2.75) is 40.0 Å². The SMILES string of the molecule is CCCNC(=O)c1c(C)noc1C(C)C. The summed E-state index contributed by atoms with van der Waals surface area (Å²) in [7, 11) is 0. The van der Waals surface area contributed by atoms with Crippen molar-refractivity contribution in [3.8, 4) is 0 Å². The number of carbonyl (C=O) groups excluding carboxylic acids is 1. The zero-order valence-electron chi connectivity index (χ0n) is 9.76. The van der Waals surface area contributed by atoms with E-state index < -0.39 is 0 Å². The van der Waals surface area contributed by atoms with Gasteiger partial charge in [0.1, 0.15) is 5.56 Å². The van der Waals surface area contributed by atoms with Gasteiger partial charge in [0, 0.05) is 12.5 Å². The normalized spacial score (nSPS) is 10.7. The number of aromatic nitrogens is 1. The maximum atomic E-state index is 11.8. The fourth-order valence-electron chi connectivity index (χ4n) is 1.38. The summed E-state index contributed by atoms with van der Waals surface area (Å²) >= 11 is 0. The Morgan fingerprint density at radius 1 is 1.53 bits per heavy atom. The second-order valence-corrected chi connectivity index (χ2v) is 3.92. The van der Waals surface area contributed by atoms with Gasteiger partial charge in [-0.05, 0) is 13.3 Å². The van der Waals surface area contributed by atoms with Gasteiger partial charge in [-0.15, -0.1) is 0 Å². The van der Waals surface area contributed by atoms with E-state index in [1.165, 1.54) is 0 Å². The molecule has 0 spiro atoms. The second kappa shape index (κ2) is 4.96. The third kappa shape index (κ3) is 2.58. The van der Waals surface area contributed by atoms with Crippen molar-refractivity contribution in [3.05, 3.63) is 17.0 Å². The van der Waals surface area contributed by atoms with Crippen molar-refractivity contribution in [2.75, 3.05) is 6.54 Å². The predicted molar refractivity (Wildman–Crippen MR) is 58.0 cm³/mol. The van der Waals surface area contributed by atoms with Gasteiger partial charge >= 0.3 is 0 Å². The minimum atomic E-state index is -0.0840. The van der Waals surface area contributed by atoms with Gasteiger partial charge in [0.25, 0.3) is 5.91 Å². The highest BCUT2D eigenvalue weighted by Gasteiger charge is 2.21. The van der Waals surface area contributed by atoms with E-state index in [1.807, 2.05) is 20.8 Å². The second-order valence-electron chi connectivity index (χ2n) is 3.92. The van der Waals surface area contributed by atoms with Gasteiger partial charge in [0.05, 0.1) is 5.69 Å². The minimum absolute atomic E-state index is 0.0840. The number of hydrogen-bond donors (Lipinski definition) is 1. The molecule has 0 aromatic carbocycles. The highest BCUT2D eigenvalue weighted by Crippen LogP contribution is 2.21. The zero-order chi connectivity index (χ0) is 11.4. The molecule has 1 aromatic rings. The molecule has 15 heavy (non-hydrogen) atoms. The van der Waals surface area contributed by atoms with Crippen LogP contribution in [-0.4, -0.2) is 17.6 Å². The van der Waals surface area contributed by atoms with E-state index in [0.29, 0.717) is 23.6 Å². The lowest BCUT2D eigenvalue weighted by molar-refractivity contribution is 0.0950. The summed E-state index contributed by atoms with van der Waals surface area (Å²) in [5, 5.41) is 6.66. The van der Waals surface area contributed by atoms with Crippen molar-refractivity contribution < 1.29 is 9.32 Å². The lowest BCUT2D eigenvalue weighted by Crippen LogP contribution is -2.25. The molecule has 4 heteroatoms. The minimum Gasteiger partial charge on any atom is -0.360 e. The van der Waals surface area contributed by atoms with Crippen molar-refractivity contribution >= 4 is 5.91 Å². The molecule has 0 saturated carbocycles. The smallest absolute Gasteiger partial charge is 0.256 e. The number of nitrogens with zero attached hydrogens (tertiary/aromatic N) is 1. The van der Waals surface area contributed by atoms with Crippen LogP contribution in [0, 0.1) is 6.92 Å². The molecule has 0 aliphatic rings. The summed E-state index contributed by atoms with van der Waals surface area (Å²) in [5.41, 5.74) is 1.26. The quantitative estimate of drug-likeness (QED) is 0.829. The van der Waals surface area contributed by atoms with Gasteiger partial charge in [0.2, 0.25) is 0 Å². The lowest BCUT2D eigenvalue weighted by Gasteiger charge is -2.05. The topological polar surface area (TPSA) is 55.1 Å². The monoisotopic (exact) mass is 210 g/mol. The molecule has 84 valence electrons. The summed E-state index contributed by atoms with van der Waals surface area (Å²) in [4.78, 5) is 11.8. The summed E-state index contributed by atoms with van der Waals surface area (Å²) in [6.45, 7) is 8.45. The summed E-state index contributed by atoms with van der Waals surface area (Å²) in [6, 6.07) is 0. The van der Waals surface area contributed by atoms with Gasteiger partial charge in [-0.3, -0.25) is 4.79 Å². The predicted octanol–water partition coefficient (Wildman–Crippen LogP) is 2.25. The molecule has 1 N–H and O–H groups in total. The summed E-state index contributed by atoms with van der Waals surface area (Å²) in [6.07, 6.45) is 0.924. The summed E-state index contributed by atoms with van der Waals surface area (Å²) < 4.78 is 5.15. The fraction of sp³-hybridized carbons (Fsp3) is 0.636. The molecule has 1 amide bonds. The Morgan fingerprint density at radius 2 is 2.20 bits per heavy atom. The van der Waals surface area contributed by atoms with Crippen LogP contribution in [0.5, 0.6) is 0 Å². The van der Waals surface area contributed by atoms with E-state index in [9.17, 15) is 4.79 Å². The zero-order valence-corrected chi connectivity index (χ0v) is 9.76. The first-order valence-corrected chi connectivity index (χ1v) is 5.32. The fourth-order valence-corrected chi connectivity index (χ4v) is 1.38. The standard InChI is InChI=1S/C11H18N2O2/c1-5-6-12-11(14)9-8(4)13-15-10(9)7(2)3/h7H,5-6H2,1-4H3,(H,12,14). The van der Waals surface area contributed by atoms with E-state index in [-0.39, 0.29) is 11.8 Å². The van der Waals surface area contributed by atoms with Crippen molar-refractivity contribution in [2.24, 2.45) is 0 Å². The molecule has 4 nitrogen and oxygen atoms in total. The van der Waals surface area contributed by atoms with Crippen molar-refractivity contribution in [1.82, 2.24) is 10.5 Å². The maximum absolute atomic E-state index is 11.8. The number of amides is 1. The number of hydrogen-bond acceptors (Lipinski definition) is 3. The van der Waals surface area contributed by atoms with Gasteiger partial charge in [0.15, 0.2) is 5.76 Å². The Hall–Kier alpha value is -1.32. The molecule has 0 unspecified atom stereocenters. The Labute approximate surface area is 90.0 Å². The molecule has 0 radical (unpaired) electrons. The maximum Gasteiger partial charge on any atom is 0.256 e. The Kier molecular flexibility index (Phi) is 3.88. The first-order valence-electron chi connectivity index (χ1n) is 5.32. The van der Waals surface area contributed by atoms with E-state index >= 15 is 0 Å². The Balaban J connectivity index is 2.91. The molecule has 0 bridgehead atoms. The van der Waals surface area contributed by atoms with Gasteiger partial charge in [-0.2, -0.15) is 0 Å². The van der Waals surface area contributed by atoms with Crippen LogP contribution in [0.25, 0.3) is 0 Å². The van der Waals surface area contributed by atoms with Gasteiger partial charge in [-0.1, -0.05) is 25.9 Å². The van der Waals surface area contributed by atoms with E-state index in [2.05, 4.69) is 10.5 Å². The third-order valence-electron chi connectivity index (χ3n) is 2.18. The molecule has 0 saturated heterocycles. The molecule has 0 aliphatic carbocycles. The lowest BCUT2D eigenvalue weighted by atomic mass is 10.0. The first-order chi connectivity index (χ1) is 7.07. The number of rotatable bonds is 4. The average molecular weight is 210 g/mol. The molecule has 1 rings (SSSR count).